The van der Waals surface area contributed by atoms with Crippen molar-refractivity contribution in [1.82, 2.24) is 9.88 Å². The van der Waals surface area contributed by atoms with Crippen LogP contribution in [0.4, 0.5) is 0 Å². The van der Waals surface area contributed by atoms with Crippen molar-refractivity contribution >= 4 is 27.3 Å². The summed E-state index contributed by atoms with van der Waals surface area (Å²) in [6, 6.07) is 17.5. The third kappa shape index (κ3) is 3.27. The van der Waals surface area contributed by atoms with Crippen molar-refractivity contribution < 1.29 is 9.14 Å². The first-order valence-corrected chi connectivity index (χ1v) is 17.4. The number of rotatable bonds is 2. The molecule has 0 saturated heterocycles. The number of aromatic nitrogens is 2. The van der Waals surface area contributed by atoms with Gasteiger partial charge in [-0.25, -0.2) is 4.90 Å². The molecule has 44 heavy (non-hydrogen) atoms. The van der Waals surface area contributed by atoms with Crippen LogP contribution >= 0.6 is 0 Å². The number of nitrogens with zero attached hydrogens (tertiary/aromatic N) is 4. The normalized spacial score (nSPS) is 24.6. The highest BCUT2D eigenvalue weighted by atomic mass is 15.5. The minimum absolute atomic E-state index is 0.209. The van der Waals surface area contributed by atoms with Gasteiger partial charge in [0.25, 0.3) is 0 Å². The summed E-state index contributed by atoms with van der Waals surface area (Å²) in [5.41, 5.74) is 10.8. The van der Waals surface area contributed by atoms with Crippen LogP contribution in [0.15, 0.2) is 60.4 Å². The standard InChI is InChI=1S/C40H46N4/c1-25-22-29-20-21-42-37-34(29)38(41-25)39(4,5)33-24-28-14-12-13-19-32(28)36(35(33)37)40(42)43(30-15-8-6-9-16-30)26(2)23-27(3)44(40)31-17-10-7-11-18-31/h12-14,19-24,30-31H,6-11,15-18H2,1-5H3/q+2. The average Bonchev–Trinajstić information content (AvgIpc) is 3.31. The van der Waals surface area contributed by atoms with E-state index in [0.29, 0.717) is 12.1 Å². The lowest BCUT2D eigenvalue weighted by molar-refractivity contribution is -0.945. The lowest BCUT2D eigenvalue weighted by Crippen LogP contribution is -2.75. The van der Waals surface area contributed by atoms with Crippen LogP contribution in [-0.4, -0.2) is 32.3 Å². The van der Waals surface area contributed by atoms with Crippen molar-refractivity contribution in [1.29, 1.82) is 0 Å². The molecule has 5 aliphatic rings. The number of benzene rings is 2. The van der Waals surface area contributed by atoms with E-state index in [9.17, 15) is 0 Å². The molecule has 1 atom stereocenters. The second-order valence-corrected chi connectivity index (χ2v) is 15.0. The molecule has 2 fully saturated rings. The molecule has 2 aromatic carbocycles. The number of allylic oxidation sites excluding steroid dienone is 2. The smallest absolute Gasteiger partial charge is 0.256 e. The van der Waals surface area contributed by atoms with Gasteiger partial charge in [-0.2, -0.15) is 0 Å². The van der Waals surface area contributed by atoms with E-state index in [4.69, 9.17) is 4.98 Å². The number of aryl methyl sites for hydroxylation is 1. The summed E-state index contributed by atoms with van der Waals surface area (Å²) >= 11 is 0. The Morgan fingerprint density at radius 3 is 2.34 bits per heavy atom. The summed E-state index contributed by atoms with van der Waals surface area (Å²) in [5.74, 6) is -0.454. The van der Waals surface area contributed by atoms with Crippen molar-refractivity contribution in [2.45, 2.75) is 122 Å². The monoisotopic (exact) mass is 582 g/mol. The van der Waals surface area contributed by atoms with Gasteiger partial charge in [-0.3, -0.25) is 4.98 Å². The summed E-state index contributed by atoms with van der Waals surface area (Å²) in [4.78, 5) is 8.29. The Kier molecular flexibility index (Phi) is 5.64. The Labute approximate surface area is 262 Å². The molecule has 4 heterocycles. The van der Waals surface area contributed by atoms with Gasteiger partial charge in [0.2, 0.25) is 5.69 Å². The Hall–Kier alpha value is -3.53. The number of fused-ring (bicyclic) bond motifs is 4. The molecule has 9 rings (SSSR count). The van der Waals surface area contributed by atoms with Gasteiger partial charge in [0.05, 0.1) is 16.6 Å². The molecule has 4 aromatic rings. The van der Waals surface area contributed by atoms with Crippen LogP contribution in [0.1, 0.15) is 114 Å². The van der Waals surface area contributed by atoms with Crippen molar-refractivity contribution in [3.8, 4) is 11.3 Å². The molecule has 0 radical (unpaired) electrons. The summed E-state index contributed by atoms with van der Waals surface area (Å²) in [6.45, 7) is 11.8. The molecule has 2 aromatic heterocycles. The Balaban J connectivity index is 1.52. The van der Waals surface area contributed by atoms with Gasteiger partial charge in [-0.05, 0) is 68.0 Å². The fraction of sp³-hybridized carbons (Fsp3) is 0.475. The molecular formula is C40H46N4+2. The zero-order chi connectivity index (χ0) is 30.0. The van der Waals surface area contributed by atoms with Gasteiger partial charge in [0, 0.05) is 60.1 Å². The zero-order valence-electron chi connectivity index (χ0n) is 27.2. The highest BCUT2D eigenvalue weighted by Gasteiger charge is 2.71. The number of hydrogen-bond acceptors (Lipinski definition) is 2. The van der Waals surface area contributed by atoms with E-state index in [1.165, 1.54) is 125 Å². The first kappa shape index (κ1) is 26.8. The van der Waals surface area contributed by atoms with Crippen molar-refractivity contribution in [2.75, 3.05) is 0 Å². The van der Waals surface area contributed by atoms with E-state index >= 15 is 0 Å². The summed E-state index contributed by atoms with van der Waals surface area (Å²) in [7, 11) is 0. The largest absolute Gasteiger partial charge is 0.473 e. The van der Waals surface area contributed by atoms with Gasteiger partial charge in [-0.1, -0.05) is 63.8 Å². The molecule has 4 nitrogen and oxygen atoms in total. The minimum atomic E-state index is -0.454. The fourth-order valence-corrected chi connectivity index (χ4v) is 10.4. The zero-order valence-corrected chi connectivity index (χ0v) is 27.2. The Morgan fingerprint density at radius 2 is 1.57 bits per heavy atom. The third-order valence-corrected chi connectivity index (χ3v) is 12.0. The van der Waals surface area contributed by atoms with E-state index in [0.717, 1.165) is 5.69 Å². The SMILES string of the molecule is CC1=CC(C)=[N+](C2CCCCC2)C2(c3c4c(cc5ccccc35)C(C)(C)c3nc(C)cc5cc[n+]2c-4c35)N1C1CCCCC1. The molecule has 0 bridgehead atoms. The molecule has 3 aliphatic carbocycles. The van der Waals surface area contributed by atoms with Crippen molar-refractivity contribution in [3.63, 3.8) is 0 Å². The van der Waals surface area contributed by atoms with Crippen LogP contribution in [0, 0.1) is 6.92 Å². The molecule has 1 unspecified atom stereocenters. The van der Waals surface area contributed by atoms with Crippen LogP contribution in [0.25, 0.3) is 32.8 Å². The predicted molar refractivity (Wildman–Crippen MR) is 179 cm³/mol. The summed E-state index contributed by atoms with van der Waals surface area (Å²) in [6.07, 6.45) is 18.0. The van der Waals surface area contributed by atoms with Crippen molar-refractivity contribution in [3.05, 3.63) is 82.9 Å². The van der Waals surface area contributed by atoms with E-state index in [-0.39, 0.29) is 5.41 Å². The predicted octanol–water partition coefficient (Wildman–Crippen LogP) is 8.62. The highest BCUT2D eigenvalue weighted by molar-refractivity contribution is 6.05. The number of pyridine rings is 2. The maximum Gasteiger partial charge on any atom is 0.473 e. The second-order valence-electron chi connectivity index (χ2n) is 15.0. The Morgan fingerprint density at radius 1 is 0.841 bits per heavy atom. The minimum Gasteiger partial charge on any atom is -0.256 e. The average molecular weight is 583 g/mol. The van der Waals surface area contributed by atoms with E-state index in [2.05, 4.69) is 103 Å². The topological polar surface area (TPSA) is 23.0 Å². The molecular weight excluding hydrogens is 536 g/mol. The summed E-state index contributed by atoms with van der Waals surface area (Å²) < 4.78 is 5.69. The van der Waals surface area contributed by atoms with Crippen LogP contribution in [0.3, 0.4) is 0 Å². The molecule has 2 aliphatic heterocycles. The van der Waals surface area contributed by atoms with Crippen LogP contribution in [0.5, 0.6) is 0 Å². The molecule has 4 heteroatoms. The summed E-state index contributed by atoms with van der Waals surface area (Å²) in [5, 5.41) is 5.45. The van der Waals surface area contributed by atoms with Crippen molar-refractivity contribution in [2.24, 2.45) is 0 Å². The molecule has 1 spiro atoms. The Bertz CT molecular complexity index is 1950. The maximum atomic E-state index is 5.35. The van der Waals surface area contributed by atoms with E-state index in [1.807, 2.05) is 0 Å². The van der Waals surface area contributed by atoms with Gasteiger partial charge in [0.15, 0.2) is 18.0 Å². The first-order chi connectivity index (χ1) is 21.3. The maximum absolute atomic E-state index is 5.35. The van der Waals surface area contributed by atoms with Crippen LogP contribution in [-0.2, 0) is 11.2 Å². The lowest BCUT2D eigenvalue weighted by Gasteiger charge is -2.46. The molecule has 0 N–H and O–H groups in total. The highest BCUT2D eigenvalue weighted by Crippen LogP contribution is 2.58. The van der Waals surface area contributed by atoms with Crippen LogP contribution < -0.4 is 4.57 Å². The fourth-order valence-electron chi connectivity index (χ4n) is 10.4. The molecule has 0 amide bonds. The lowest BCUT2D eigenvalue weighted by atomic mass is 9.70. The quantitative estimate of drug-likeness (QED) is 0.221. The van der Waals surface area contributed by atoms with Gasteiger partial charge in [-0.15, -0.1) is 9.14 Å². The number of hydrogen-bond donors (Lipinski definition) is 0. The molecule has 2 saturated carbocycles. The molecule has 224 valence electrons. The third-order valence-electron chi connectivity index (χ3n) is 12.0. The first-order valence-electron chi connectivity index (χ1n) is 17.4. The second kappa shape index (κ2) is 9.25. The van der Waals surface area contributed by atoms with Crippen LogP contribution in [0.2, 0.25) is 0 Å². The van der Waals surface area contributed by atoms with E-state index in [1.54, 1.807) is 0 Å². The van der Waals surface area contributed by atoms with E-state index < -0.39 is 5.79 Å². The van der Waals surface area contributed by atoms with Gasteiger partial charge in [0.1, 0.15) is 5.56 Å². The van der Waals surface area contributed by atoms with Gasteiger partial charge < -0.3 is 0 Å². The van der Waals surface area contributed by atoms with Gasteiger partial charge >= 0.3 is 5.79 Å².